The number of aromatic nitrogens is 2. The zero-order valence-corrected chi connectivity index (χ0v) is 28.4. The van der Waals surface area contributed by atoms with Gasteiger partial charge in [0.25, 0.3) is 0 Å². The smallest absolute Gasteiger partial charge is 0.422 e. The van der Waals surface area contributed by atoms with Gasteiger partial charge in [-0.15, -0.1) is 0 Å². The molecule has 2 aromatic rings. The molecule has 3 aliphatic rings. The molecule has 13 heteroatoms. The highest BCUT2D eigenvalue weighted by atomic mass is 19.4. The third-order valence-corrected chi connectivity index (χ3v) is 9.81. The molecule has 6 atom stereocenters. The van der Waals surface area contributed by atoms with Gasteiger partial charge in [-0.3, -0.25) is 9.59 Å². The molecule has 5 rings (SSSR count). The molecule has 2 aliphatic heterocycles. The van der Waals surface area contributed by atoms with Gasteiger partial charge < -0.3 is 24.4 Å². The number of nitrogens with zero attached hydrogens (tertiary/aromatic N) is 3. The van der Waals surface area contributed by atoms with E-state index < -0.39 is 48.4 Å². The second kappa shape index (κ2) is 14.5. The minimum absolute atomic E-state index is 0.000512. The largest absolute Gasteiger partial charge is 0.484 e. The number of ether oxygens (including phenoxy) is 3. The minimum Gasteiger partial charge on any atom is -0.484 e. The molecule has 10 nitrogen and oxygen atoms in total. The highest BCUT2D eigenvalue weighted by molar-refractivity contribution is 5.92. The molecule has 0 radical (unpaired) electrons. The lowest BCUT2D eigenvalue weighted by atomic mass is 9.85. The molecule has 1 aromatic carbocycles. The van der Waals surface area contributed by atoms with Crippen molar-refractivity contribution >= 4 is 28.8 Å². The van der Waals surface area contributed by atoms with Crippen LogP contribution in [0, 0.1) is 17.3 Å². The Bertz CT molecular complexity index is 1500. The number of hydrogen-bond donors (Lipinski definition) is 1. The summed E-state index contributed by atoms with van der Waals surface area (Å²) in [5.41, 5.74) is 0.705. The zero-order valence-electron chi connectivity index (χ0n) is 28.4. The van der Waals surface area contributed by atoms with E-state index in [-0.39, 0.29) is 41.9 Å². The van der Waals surface area contributed by atoms with E-state index in [2.05, 4.69) is 5.32 Å². The SMILES string of the molecule is CC[C@@H]1[C@@H]2CN(C(=O)[C@H](C(C)(C)C)NC(=O)O[C@@H]3CCC[C@H]3CCCCCc3nc4ccc(OCC(F)(F)F)cc4nc3O2)[C@@H]1C(C)=O. The van der Waals surface area contributed by atoms with Gasteiger partial charge in [0.2, 0.25) is 11.8 Å². The Labute approximate surface area is 279 Å². The molecule has 1 aliphatic carbocycles. The molecular formula is C35H47F3N4O6. The Hall–Kier alpha value is -3.64. The van der Waals surface area contributed by atoms with E-state index >= 15 is 0 Å². The second-order valence-corrected chi connectivity index (χ2v) is 14.5. The fourth-order valence-electron chi connectivity index (χ4n) is 7.41. The van der Waals surface area contributed by atoms with Gasteiger partial charge in [-0.2, -0.15) is 13.2 Å². The molecule has 1 saturated carbocycles. The number of carbonyl (C=O) groups excluding carboxylic acids is 3. The molecule has 1 aromatic heterocycles. The van der Waals surface area contributed by atoms with Crippen molar-refractivity contribution in [2.24, 2.45) is 17.3 Å². The summed E-state index contributed by atoms with van der Waals surface area (Å²) >= 11 is 0. The van der Waals surface area contributed by atoms with Crippen molar-refractivity contribution in [2.45, 2.75) is 123 Å². The van der Waals surface area contributed by atoms with Gasteiger partial charge in [-0.05, 0) is 75.3 Å². The first kappa shape index (κ1) is 35.7. The average molecular weight is 677 g/mol. The van der Waals surface area contributed by atoms with Crippen LogP contribution in [-0.2, 0) is 20.7 Å². The second-order valence-electron chi connectivity index (χ2n) is 14.5. The number of carbonyl (C=O) groups is 3. The van der Waals surface area contributed by atoms with Crippen molar-refractivity contribution in [2.75, 3.05) is 13.2 Å². The predicted octanol–water partition coefficient (Wildman–Crippen LogP) is 6.57. The molecule has 0 unspecified atom stereocenters. The molecule has 2 fully saturated rings. The first-order valence-corrected chi connectivity index (χ1v) is 17.1. The lowest BCUT2D eigenvalue weighted by Crippen LogP contribution is -2.57. The van der Waals surface area contributed by atoms with Crippen LogP contribution < -0.4 is 14.8 Å². The molecule has 1 saturated heterocycles. The van der Waals surface area contributed by atoms with Gasteiger partial charge in [0.1, 0.15) is 29.7 Å². The molecule has 2 bridgehead atoms. The highest BCUT2D eigenvalue weighted by Gasteiger charge is 2.50. The van der Waals surface area contributed by atoms with E-state index in [9.17, 15) is 27.6 Å². The van der Waals surface area contributed by atoms with E-state index in [0.717, 1.165) is 44.9 Å². The van der Waals surface area contributed by atoms with Crippen LogP contribution in [0.15, 0.2) is 18.2 Å². The Kier molecular flexibility index (Phi) is 10.7. The predicted molar refractivity (Wildman–Crippen MR) is 172 cm³/mol. The van der Waals surface area contributed by atoms with Crippen LogP contribution in [0.25, 0.3) is 11.0 Å². The van der Waals surface area contributed by atoms with Crippen LogP contribution >= 0.6 is 0 Å². The van der Waals surface area contributed by atoms with Crippen LogP contribution in [0.2, 0.25) is 0 Å². The number of alkyl carbamates (subject to hydrolysis) is 1. The molecule has 0 spiro atoms. The van der Waals surface area contributed by atoms with Gasteiger partial charge in [0.15, 0.2) is 12.4 Å². The Balaban J connectivity index is 1.53. The molecule has 264 valence electrons. The van der Waals surface area contributed by atoms with Crippen LogP contribution in [0.5, 0.6) is 11.6 Å². The summed E-state index contributed by atoms with van der Waals surface area (Å²) in [5, 5.41) is 2.85. The van der Waals surface area contributed by atoms with Crippen LogP contribution in [-0.4, -0.2) is 76.3 Å². The lowest BCUT2D eigenvalue weighted by molar-refractivity contribution is -0.153. The van der Waals surface area contributed by atoms with E-state index in [1.54, 1.807) is 6.07 Å². The summed E-state index contributed by atoms with van der Waals surface area (Å²) in [6.07, 6.45) is 1.33. The first-order chi connectivity index (χ1) is 22.6. The van der Waals surface area contributed by atoms with Crippen molar-refractivity contribution in [3.05, 3.63) is 23.9 Å². The number of rotatable bonds is 4. The van der Waals surface area contributed by atoms with Gasteiger partial charge in [0, 0.05) is 12.0 Å². The first-order valence-electron chi connectivity index (χ1n) is 17.1. The van der Waals surface area contributed by atoms with Crippen LogP contribution in [0.3, 0.4) is 0 Å². The summed E-state index contributed by atoms with van der Waals surface area (Å²) in [7, 11) is 0. The van der Waals surface area contributed by atoms with Gasteiger partial charge in [-0.1, -0.05) is 40.5 Å². The lowest BCUT2D eigenvalue weighted by Gasteiger charge is -2.35. The number of Topliss-reactive ketones (excluding diaryl/α,β-unsaturated/α-hetero) is 1. The zero-order chi connectivity index (χ0) is 34.8. The van der Waals surface area contributed by atoms with Crippen LogP contribution in [0.1, 0.15) is 91.7 Å². The standard InChI is InChI=1S/C35H47F3N4O6/c1-6-23-28-18-42(29(23)20(2)43)32(44)30(34(3,4)5)41-33(45)48-27-14-10-12-21(27)11-8-7-9-13-25-31(47-28)40-26-17-22(15-16-24(26)39-25)46-19-35(36,37)38/h15-17,21,23,27-30H,6-14,18-19H2,1-5H3,(H,41,45)/t21-,23-,27-,28+,29-,30-/m1/s1. The summed E-state index contributed by atoms with van der Waals surface area (Å²) in [4.78, 5) is 51.8. The Morgan fingerprint density at radius 3 is 2.44 bits per heavy atom. The molecule has 48 heavy (non-hydrogen) atoms. The maximum absolute atomic E-state index is 14.3. The Morgan fingerprint density at radius 1 is 1.00 bits per heavy atom. The van der Waals surface area contributed by atoms with E-state index in [1.807, 2.05) is 27.7 Å². The number of alkyl halides is 3. The third-order valence-electron chi connectivity index (χ3n) is 9.81. The summed E-state index contributed by atoms with van der Waals surface area (Å²) < 4.78 is 56.0. The summed E-state index contributed by atoms with van der Waals surface area (Å²) in [6.45, 7) is 7.57. The van der Waals surface area contributed by atoms with Crippen molar-refractivity contribution < 1.29 is 41.8 Å². The van der Waals surface area contributed by atoms with Gasteiger partial charge in [0.05, 0.1) is 23.6 Å². The molecule has 1 N–H and O–H groups in total. The van der Waals surface area contributed by atoms with Crippen LogP contribution in [0.4, 0.5) is 18.0 Å². The topological polar surface area (TPSA) is 120 Å². The maximum atomic E-state index is 14.3. The summed E-state index contributed by atoms with van der Waals surface area (Å²) in [5.74, 6) is -0.525. The van der Waals surface area contributed by atoms with E-state index in [0.29, 0.717) is 29.6 Å². The van der Waals surface area contributed by atoms with Crippen molar-refractivity contribution in [3.8, 4) is 11.6 Å². The van der Waals surface area contributed by atoms with E-state index in [4.69, 9.17) is 24.2 Å². The maximum Gasteiger partial charge on any atom is 0.422 e. The van der Waals surface area contributed by atoms with Crippen molar-refractivity contribution in [1.29, 1.82) is 0 Å². The molecule has 2 amide bonds. The fraction of sp³-hybridized carbons (Fsp3) is 0.686. The number of fused-ring (bicyclic) bond motifs is 5. The quantitative estimate of drug-likeness (QED) is 0.386. The Morgan fingerprint density at radius 2 is 1.75 bits per heavy atom. The third kappa shape index (κ3) is 8.31. The van der Waals surface area contributed by atoms with Crippen molar-refractivity contribution in [3.63, 3.8) is 0 Å². The number of halogens is 3. The number of nitrogens with one attached hydrogen (secondary N) is 1. The average Bonchev–Trinajstić information content (AvgIpc) is 3.60. The fourth-order valence-corrected chi connectivity index (χ4v) is 7.41. The number of ketones is 1. The number of aryl methyl sites for hydroxylation is 1. The molecular weight excluding hydrogens is 629 g/mol. The van der Waals surface area contributed by atoms with Gasteiger partial charge in [-0.25, -0.2) is 14.8 Å². The van der Waals surface area contributed by atoms with Gasteiger partial charge >= 0.3 is 12.3 Å². The number of hydrogen-bond acceptors (Lipinski definition) is 8. The monoisotopic (exact) mass is 676 g/mol. The number of benzene rings is 1. The number of amides is 2. The highest BCUT2D eigenvalue weighted by Crippen LogP contribution is 2.37. The summed E-state index contributed by atoms with van der Waals surface area (Å²) in [6, 6.07) is 2.66. The minimum atomic E-state index is -4.49. The normalized spacial score (nSPS) is 27.6. The van der Waals surface area contributed by atoms with Crippen molar-refractivity contribution in [1.82, 2.24) is 20.2 Å². The van der Waals surface area contributed by atoms with E-state index in [1.165, 1.54) is 24.0 Å². The molecule has 3 heterocycles.